The number of nitrogen functional groups attached to an aromatic ring is 1. The molecule has 1 aliphatic carbocycles. The number of aryl methyl sites for hydroxylation is 1. The number of benzene rings is 1. The highest BCUT2D eigenvalue weighted by atomic mass is 16.5. The van der Waals surface area contributed by atoms with Gasteiger partial charge in [-0.25, -0.2) is 4.98 Å². The lowest BCUT2D eigenvalue weighted by Crippen LogP contribution is -2.31. The molecular formula is C23H35N5O3. The molecule has 1 aliphatic rings. The lowest BCUT2D eigenvalue weighted by atomic mass is 9.86. The maximum Gasteiger partial charge on any atom is 0.225 e. The van der Waals surface area contributed by atoms with E-state index in [1.807, 2.05) is 26.0 Å². The summed E-state index contributed by atoms with van der Waals surface area (Å²) in [5.41, 5.74) is 8.92. The van der Waals surface area contributed by atoms with Crippen molar-refractivity contribution in [2.75, 3.05) is 38.9 Å². The lowest BCUT2D eigenvalue weighted by molar-refractivity contribution is 0.315. The minimum Gasteiger partial charge on any atom is -0.493 e. The quantitative estimate of drug-likeness (QED) is 0.557. The summed E-state index contributed by atoms with van der Waals surface area (Å²) in [4.78, 5) is 8.91. The molecule has 8 nitrogen and oxygen atoms in total. The first-order valence-electron chi connectivity index (χ1n) is 10.8. The first-order chi connectivity index (χ1) is 15.0. The second-order valence-electron chi connectivity index (χ2n) is 8.13. The van der Waals surface area contributed by atoms with E-state index in [1.165, 1.54) is 0 Å². The predicted molar refractivity (Wildman–Crippen MR) is 123 cm³/mol. The van der Waals surface area contributed by atoms with E-state index < -0.39 is 0 Å². The van der Waals surface area contributed by atoms with Crippen molar-refractivity contribution in [3.63, 3.8) is 0 Å². The fourth-order valence-electron chi connectivity index (χ4n) is 4.12. The van der Waals surface area contributed by atoms with Crippen LogP contribution < -0.4 is 30.6 Å². The Morgan fingerprint density at radius 1 is 0.968 bits per heavy atom. The molecule has 1 aromatic heterocycles. The van der Waals surface area contributed by atoms with Gasteiger partial charge in [-0.3, -0.25) is 0 Å². The van der Waals surface area contributed by atoms with E-state index in [4.69, 9.17) is 19.9 Å². The van der Waals surface area contributed by atoms with Crippen molar-refractivity contribution >= 4 is 11.8 Å². The van der Waals surface area contributed by atoms with Crippen LogP contribution in [0.15, 0.2) is 12.1 Å². The maximum atomic E-state index is 5.98. The molecule has 0 unspecified atom stereocenters. The van der Waals surface area contributed by atoms with Crippen LogP contribution in [0.1, 0.15) is 42.5 Å². The van der Waals surface area contributed by atoms with E-state index in [0.29, 0.717) is 35.2 Å². The molecule has 0 aliphatic heterocycles. The molecule has 170 valence electrons. The smallest absolute Gasteiger partial charge is 0.225 e. The SMILES string of the molecule is COc1ccc(CNCC2CCC(Nc3nc(C)c(C)c(N)n3)CC2)c(OC)c1OC. The number of rotatable bonds is 9. The molecule has 3 rings (SSSR count). The van der Waals surface area contributed by atoms with E-state index >= 15 is 0 Å². The van der Waals surface area contributed by atoms with Gasteiger partial charge in [0.2, 0.25) is 11.7 Å². The van der Waals surface area contributed by atoms with Crippen LogP contribution in [0.4, 0.5) is 11.8 Å². The Labute approximate surface area is 184 Å². The second kappa shape index (κ2) is 10.5. The van der Waals surface area contributed by atoms with Crippen LogP contribution in [0.2, 0.25) is 0 Å². The molecule has 8 heteroatoms. The summed E-state index contributed by atoms with van der Waals surface area (Å²) < 4.78 is 16.4. The third-order valence-electron chi connectivity index (χ3n) is 6.14. The Morgan fingerprint density at radius 2 is 1.68 bits per heavy atom. The van der Waals surface area contributed by atoms with Gasteiger partial charge >= 0.3 is 0 Å². The Balaban J connectivity index is 1.48. The van der Waals surface area contributed by atoms with Crippen molar-refractivity contribution < 1.29 is 14.2 Å². The number of hydrogen-bond acceptors (Lipinski definition) is 8. The van der Waals surface area contributed by atoms with Crippen LogP contribution in [0.25, 0.3) is 0 Å². The molecule has 4 N–H and O–H groups in total. The molecule has 1 heterocycles. The van der Waals surface area contributed by atoms with Crippen molar-refractivity contribution in [2.45, 2.75) is 52.1 Å². The monoisotopic (exact) mass is 429 g/mol. The number of hydrogen-bond donors (Lipinski definition) is 3. The Hall–Kier alpha value is -2.74. The average molecular weight is 430 g/mol. The summed E-state index contributed by atoms with van der Waals surface area (Å²) in [5, 5.41) is 7.05. The van der Waals surface area contributed by atoms with Gasteiger partial charge in [0.1, 0.15) is 5.82 Å². The minimum absolute atomic E-state index is 0.392. The third kappa shape index (κ3) is 5.50. The van der Waals surface area contributed by atoms with E-state index in [2.05, 4.69) is 20.6 Å². The zero-order chi connectivity index (χ0) is 22.4. The molecule has 0 spiro atoms. The number of ether oxygens (including phenoxy) is 3. The molecule has 1 fully saturated rings. The highest BCUT2D eigenvalue weighted by Gasteiger charge is 2.22. The number of nitrogens with zero attached hydrogens (tertiary/aromatic N) is 2. The number of anilines is 2. The van der Waals surface area contributed by atoms with Crippen molar-refractivity contribution in [2.24, 2.45) is 5.92 Å². The van der Waals surface area contributed by atoms with Gasteiger partial charge in [0.15, 0.2) is 11.5 Å². The van der Waals surface area contributed by atoms with Crippen molar-refractivity contribution in [3.05, 3.63) is 29.0 Å². The van der Waals surface area contributed by atoms with Gasteiger partial charge in [0.25, 0.3) is 0 Å². The van der Waals surface area contributed by atoms with Gasteiger partial charge in [0, 0.05) is 29.4 Å². The highest BCUT2D eigenvalue weighted by Crippen LogP contribution is 2.39. The first kappa shape index (κ1) is 22.9. The van der Waals surface area contributed by atoms with Gasteiger partial charge in [0.05, 0.1) is 21.3 Å². The maximum absolute atomic E-state index is 5.98. The topological polar surface area (TPSA) is 104 Å². The summed E-state index contributed by atoms with van der Waals surface area (Å²) in [5.74, 6) is 3.86. The van der Waals surface area contributed by atoms with Crippen molar-refractivity contribution in [1.82, 2.24) is 15.3 Å². The molecule has 0 radical (unpaired) electrons. The van der Waals surface area contributed by atoms with E-state index in [-0.39, 0.29) is 0 Å². The van der Waals surface area contributed by atoms with Crippen LogP contribution in [-0.4, -0.2) is 43.9 Å². The molecule has 0 amide bonds. The third-order valence-corrected chi connectivity index (χ3v) is 6.14. The molecule has 1 saturated carbocycles. The standard InChI is InChI=1S/C23H35N5O3/c1-14-15(2)26-23(28-22(14)24)27-18-9-6-16(7-10-18)12-25-13-17-8-11-19(29-3)21(31-5)20(17)30-4/h8,11,16,18,25H,6-7,9-10,12-13H2,1-5H3,(H3,24,26,27,28). The lowest BCUT2D eigenvalue weighted by Gasteiger charge is -2.29. The van der Waals surface area contributed by atoms with Crippen molar-refractivity contribution in [1.29, 1.82) is 0 Å². The van der Waals surface area contributed by atoms with Crippen LogP contribution in [0, 0.1) is 19.8 Å². The van der Waals surface area contributed by atoms with Gasteiger partial charge < -0.3 is 30.6 Å². The molecule has 0 atom stereocenters. The number of methoxy groups -OCH3 is 3. The summed E-state index contributed by atoms with van der Waals surface area (Å²) >= 11 is 0. The highest BCUT2D eigenvalue weighted by molar-refractivity contribution is 5.55. The zero-order valence-electron chi connectivity index (χ0n) is 19.2. The minimum atomic E-state index is 0.392. The zero-order valence-corrected chi connectivity index (χ0v) is 19.2. The average Bonchev–Trinajstić information content (AvgIpc) is 2.78. The molecular weight excluding hydrogens is 394 g/mol. The van der Waals surface area contributed by atoms with Crippen LogP contribution in [0.3, 0.4) is 0 Å². The first-order valence-corrected chi connectivity index (χ1v) is 10.8. The molecule has 1 aromatic carbocycles. The number of nitrogens with one attached hydrogen (secondary N) is 2. The molecule has 2 aromatic rings. The number of nitrogens with two attached hydrogens (primary N) is 1. The largest absolute Gasteiger partial charge is 0.493 e. The fraction of sp³-hybridized carbons (Fsp3) is 0.565. The molecule has 31 heavy (non-hydrogen) atoms. The Kier molecular flexibility index (Phi) is 7.79. The van der Waals surface area contributed by atoms with Crippen molar-refractivity contribution in [3.8, 4) is 17.2 Å². The van der Waals surface area contributed by atoms with Crippen LogP contribution in [-0.2, 0) is 6.54 Å². The fourth-order valence-corrected chi connectivity index (χ4v) is 4.12. The molecule has 0 saturated heterocycles. The summed E-state index contributed by atoms with van der Waals surface area (Å²) in [7, 11) is 4.91. The summed E-state index contributed by atoms with van der Waals surface area (Å²) in [6.45, 7) is 5.60. The van der Waals surface area contributed by atoms with Crippen LogP contribution in [0.5, 0.6) is 17.2 Å². The molecule has 0 bridgehead atoms. The van der Waals surface area contributed by atoms with Gasteiger partial charge in [-0.15, -0.1) is 0 Å². The Bertz CT molecular complexity index is 859. The van der Waals surface area contributed by atoms with E-state index in [1.54, 1.807) is 21.3 Å². The Morgan fingerprint density at radius 3 is 2.29 bits per heavy atom. The van der Waals surface area contributed by atoms with E-state index in [0.717, 1.165) is 61.3 Å². The normalized spacial score (nSPS) is 18.5. The van der Waals surface area contributed by atoms with Gasteiger partial charge in [-0.05, 0) is 58.1 Å². The number of aromatic nitrogens is 2. The van der Waals surface area contributed by atoms with Gasteiger partial charge in [-0.2, -0.15) is 4.98 Å². The predicted octanol–water partition coefficient (Wildman–Crippen LogP) is 3.46. The second-order valence-corrected chi connectivity index (χ2v) is 8.13. The van der Waals surface area contributed by atoms with Crippen LogP contribution >= 0.6 is 0 Å². The van der Waals surface area contributed by atoms with Gasteiger partial charge in [-0.1, -0.05) is 6.07 Å². The summed E-state index contributed by atoms with van der Waals surface area (Å²) in [6.07, 6.45) is 4.52. The summed E-state index contributed by atoms with van der Waals surface area (Å²) in [6, 6.07) is 4.32. The van der Waals surface area contributed by atoms with E-state index in [9.17, 15) is 0 Å².